The van der Waals surface area contributed by atoms with E-state index < -0.39 is 9.85 Å². The first-order valence-electron chi connectivity index (χ1n) is 4.67. The average molecular weight is 299 g/mol. The normalized spacial score (nSPS) is 10.3. The molecule has 0 saturated heterocycles. The molecule has 0 saturated carbocycles. The highest BCUT2D eigenvalue weighted by molar-refractivity contribution is 8.01. The van der Waals surface area contributed by atoms with Gasteiger partial charge in [-0.25, -0.2) is 0 Å². The summed E-state index contributed by atoms with van der Waals surface area (Å²) in [4.78, 5) is 20.4. The second kappa shape index (κ2) is 5.16. The topological polar surface area (TPSA) is 138 Å². The molecule has 0 aliphatic heterocycles. The van der Waals surface area contributed by atoms with Gasteiger partial charge in [-0.05, 0) is 17.8 Å². The van der Waals surface area contributed by atoms with Crippen LogP contribution in [0.1, 0.15) is 0 Å². The van der Waals surface area contributed by atoms with Crippen LogP contribution in [-0.2, 0) is 0 Å². The molecule has 1 aromatic carbocycles. The van der Waals surface area contributed by atoms with Gasteiger partial charge in [-0.1, -0.05) is 11.3 Å². The summed E-state index contributed by atoms with van der Waals surface area (Å²) >= 11 is 1.80. The summed E-state index contributed by atoms with van der Waals surface area (Å²) in [7, 11) is 0. The van der Waals surface area contributed by atoms with Crippen molar-refractivity contribution in [3.8, 4) is 0 Å². The molecule has 0 unspecified atom stereocenters. The molecule has 19 heavy (non-hydrogen) atoms. The van der Waals surface area contributed by atoms with Gasteiger partial charge in [-0.15, -0.1) is 10.2 Å². The predicted octanol–water partition coefficient (Wildman–Crippen LogP) is 2.09. The number of nitrogen functional groups attached to an aromatic ring is 1. The number of rotatable bonds is 4. The molecule has 0 atom stereocenters. The van der Waals surface area contributed by atoms with E-state index in [1.165, 1.54) is 18.2 Å². The Morgan fingerprint density at radius 3 is 2.16 bits per heavy atom. The molecule has 1 heterocycles. The fraction of sp³-hybridized carbons (Fsp3) is 0. The minimum Gasteiger partial charge on any atom is -0.374 e. The fourth-order valence-electron chi connectivity index (χ4n) is 1.25. The van der Waals surface area contributed by atoms with Gasteiger partial charge in [0.15, 0.2) is 9.24 Å². The molecule has 2 rings (SSSR count). The standard InChI is InChI=1S/C8H5N5O4S2/c9-7-10-11-8(19-7)18-6-4(12(14)15)2-1-3-5(6)13(16)17/h1-3H,(H2,9,10). The first kappa shape index (κ1) is 13.2. The van der Waals surface area contributed by atoms with Crippen LogP contribution in [0.2, 0.25) is 0 Å². The van der Waals surface area contributed by atoms with Gasteiger partial charge in [0.05, 0.1) is 9.85 Å². The molecule has 0 aliphatic carbocycles. The van der Waals surface area contributed by atoms with Crippen LogP contribution in [0.5, 0.6) is 0 Å². The van der Waals surface area contributed by atoms with Crippen LogP contribution in [0.25, 0.3) is 0 Å². The van der Waals surface area contributed by atoms with Gasteiger partial charge in [-0.2, -0.15) is 0 Å². The molecule has 98 valence electrons. The quantitative estimate of drug-likeness (QED) is 0.668. The van der Waals surface area contributed by atoms with Gasteiger partial charge >= 0.3 is 0 Å². The van der Waals surface area contributed by atoms with Gasteiger partial charge in [0.1, 0.15) is 0 Å². The summed E-state index contributed by atoms with van der Waals surface area (Å²) in [6.07, 6.45) is 0. The van der Waals surface area contributed by atoms with Crippen LogP contribution < -0.4 is 5.73 Å². The van der Waals surface area contributed by atoms with Gasteiger partial charge in [0.2, 0.25) is 5.13 Å². The maximum Gasteiger partial charge on any atom is 0.290 e. The van der Waals surface area contributed by atoms with Crippen LogP contribution in [0.4, 0.5) is 16.5 Å². The third kappa shape index (κ3) is 2.77. The Morgan fingerprint density at radius 2 is 1.74 bits per heavy atom. The smallest absolute Gasteiger partial charge is 0.290 e. The van der Waals surface area contributed by atoms with E-state index in [0.717, 1.165) is 23.1 Å². The van der Waals surface area contributed by atoms with E-state index in [4.69, 9.17) is 5.73 Å². The van der Waals surface area contributed by atoms with Crippen LogP contribution in [0.15, 0.2) is 27.4 Å². The molecule has 1 aromatic heterocycles. The number of nitro benzene ring substituents is 2. The molecule has 11 heteroatoms. The van der Waals surface area contributed by atoms with Crippen molar-refractivity contribution in [2.24, 2.45) is 0 Å². The SMILES string of the molecule is Nc1nnc(Sc2c([N+](=O)[O-])cccc2[N+](=O)[O-])s1. The van der Waals surface area contributed by atoms with E-state index in [1.807, 2.05) is 0 Å². The van der Waals surface area contributed by atoms with Gasteiger partial charge in [0.25, 0.3) is 11.4 Å². The Morgan fingerprint density at radius 1 is 1.16 bits per heavy atom. The number of nitrogens with zero attached hydrogens (tertiary/aromatic N) is 4. The van der Waals surface area contributed by atoms with Gasteiger partial charge < -0.3 is 5.73 Å². The Bertz CT molecular complexity index is 626. The molecule has 9 nitrogen and oxygen atoms in total. The summed E-state index contributed by atoms with van der Waals surface area (Å²) < 4.78 is 0.301. The molecule has 0 radical (unpaired) electrons. The number of nitro groups is 2. The van der Waals surface area contributed by atoms with Crippen molar-refractivity contribution in [3.05, 3.63) is 38.4 Å². The van der Waals surface area contributed by atoms with Crippen molar-refractivity contribution < 1.29 is 9.85 Å². The van der Waals surface area contributed by atoms with E-state index in [2.05, 4.69) is 10.2 Å². The predicted molar refractivity (Wildman–Crippen MR) is 68.2 cm³/mol. The fourth-order valence-corrected chi connectivity index (χ4v) is 3.02. The number of hydrogen-bond acceptors (Lipinski definition) is 9. The highest BCUT2D eigenvalue weighted by Gasteiger charge is 2.26. The van der Waals surface area contributed by atoms with Crippen LogP contribution >= 0.6 is 23.1 Å². The van der Waals surface area contributed by atoms with Crippen LogP contribution in [0.3, 0.4) is 0 Å². The van der Waals surface area contributed by atoms with Crippen molar-refractivity contribution in [1.82, 2.24) is 10.2 Å². The lowest BCUT2D eigenvalue weighted by Crippen LogP contribution is -1.96. The number of aromatic nitrogens is 2. The zero-order valence-corrected chi connectivity index (χ0v) is 10.7. The molecule has 0 bridgehead atoms. The minimum absolute atomic E-state index is 0.0892. The summed E-state index contributed by atoms with van der Waals surface area (Å²) in [5.41, 5.74) is 4.68. The molecular formula is C8H5N5O4S2. The number of anilines is 1. The maximum atomic E-state index is 10.9. The summed E-state index contributed by atoms with van der Waals surface area (Å²) in [6.45, 7) is 0. The highest BCUT2D eigenvalue weighted by Crippen LogP contribution is 2.42. The first-order chi connectivity index (χ1) is 8.99. The van der Waals surface area contributed by atoms with E-state index in [0.29, 0.717) is 4.34 Å². The van der Waals surface area contributed by atoms with Crippen LogP contribution in [0, 0.1) is 20.2 Å². The maximum absolute atomic E-state index is 10.9. The summed E-state index contributed by atoms with van der Waals surface area (Å²) in [6, 6.07) is 3.65. The van der Waals surface area contributed by atoms with Gasteiger partial charge in [-0.3, -0.25) is 20.2 Å². The second-order valence-corrected chi connectivity index (χ2v) is 5.41. The molecule has 0 amide bonds. The van der Waals surface area contributed by atoms with Crippen molar-refractivity contribution in [3.63, 3.8) is 0 Å². The van der Waals surface area contributed by atoms with E-state index >= 15 is 0 Å². The zero-order valence-electron chi connectivity index (χ0n) is 9.05. The van der Waals surface area contributed by atoms with E-state index in [9.17, 15) is 20.2 Å². The molecule has 0 fully saturated rings. The van der Waals surface area contributed by atoms with Gasteiger partial charge in [0, 0.05) is 12.1 Å². The third-order valence-corrected chi connectivity index (χ3v) is 3.90. The number of benzene rings is 1. The molecular weight excluding hydrogens is 294 g/mol. The largest absolute Gasteiger partial charge is 0.374 e. The molecule has 0 aliphatic rings. The van der Waals surface area contributed by atoms with Crippen molar-refractivity contribution in [2.75, 3.05) is 5.73 Å². The summed E-state index contributed by atoms with van der Waals surface area (Å²) in [5, 5.41) is 29.2. The highest BCUT2D eigenvalue weighted by atomic mass is 32.2. The Kier molecular flexibility index (Phi) is 3.57. The lowest BCUT2D eigenvalue weighted by molar-refractivity contribution is -0.399. The number of nitrogens with two attached hydrogens (primary N) is 1. The Labute approximate surface area is 113 Å². The minimum atomic E-state index is -0.681. The average Bonchev–Trinajstić information content (AvgIpc) is 2.74. The van der Waals surface area contributed by atoms with Crippen molar-refractivity contribution >= 4 is 39.6 Å². The third-order valence-electron chi connectivity index (χ3n) is 1.98. The molecule has 2 aromatic rings. The summed E-state index contributed by atoms with van der Waals surface area (Å²) in [5.74, 6) is 0. The van der Waals surface area contributed by atoms with Crippen molar-refractivity contribution in [2.45, 2.75) is 9.24 Å². The Balaban J connectivity index is 2.52. The zero-order chi connectivity index (χ0) is 14.0. The number of hydrogen-bond donors (Lipinski definition) is 1. The van der Waals surface area contributed by atoms with Crippen molar-refractivity contribution in [1.29, 1.82) is 0 Å². The first-order valence-corrected chi connectivity index (χ1v) is 6.31. The lowest BCUT2D eigenvalue weighted by atomic mass is 10.3. The van der Waals surface area contributed by atoms with E-state index in [1.54, 1.807) is 0 Å². The van der Waals surface area contributed by atoms with E-state index in [-0.39, 0.29) is 21.4 Å². The lowest BCUT2D eigenvalue weighted by Gasteiger charge is -2.00. The molecule has 2 N–H and O–H groups in total. The second-order valence-electron chi connectivity index (χ2n) is 3.15. The Hall–Kier alpha value is -2.27. The monoisotopic (exact) mass is 299 g/mol. The molecule has 0 spiro atoms. The van der Waals surface area contributed by atoms with Crippen LogP contribution in [-0.4, -0.2) is 20.0 Å².